The topological polar surface area (TPSA) is 88.2 Å². The number of benzene rings is 2. The normalized spacial score (nSPS) is 15.0. The molecule has 1 aliphatic rings. The van der Waals surface area contributed by atoms with Crippen molar-refractivity contribution >= 4 is 21.6 Å². The number of ether oxygens (including phenoxy) is 2. The van der Waals surface area contributed by atoms with E-state index in [1.165, 1.54) is 27.6 Å². The fraction of sp³-hybridized carbons (Fsp3) is 0.480. The lowest BCUT2D eigenvalue weighted by Crippen LogP contribution is -2.40. The maximum Gasteiger partial charge on any atom is 0.243 e. The summed E-state index contributed by atoms with van der Waals surface area (Å²) in [4.78, 5) is 15.1. The van der Waals surface area contributed by atoms with E-state index in [-0.39, 0.29) is 23.5 Å². The van der Waals surface area contributed by atoms with Crippen molar-refractivity contribution in [3.8, 4) is 5.75 Å². The Morgan fingerprint density at radius 1 is 1.18 bits per heavy atom. The maximum atomic E-state index is 13.1. The molecule has 0 saturated carbocycles. The van der Waals surface area contributed by atoms with Crippen LogP contribution in [0.3, 0.4) is 0 Å². The molecule has 1 fully saturated rings. The average Bonchev–Trinajstić information content (AvgIpc) is 2.81. The van der Waals surface area contributed by atoms with Crippen molar-refractivity contribution in [2.45, 2.75) is 45.2 Å². The molecular formula is C25H35N3O5S. The number of hydrogen-bond donors (Lipinski definition) is 1. The van der Waals surface area contributed by atoms with Crippen LogP contribution in [-0.4, -0.2) is 69.0 Å². The molecule has 0 bridgehead atoms. The predicted molar refractivity (Wildman–Crippen MR) is 133 cm³/mol. The van der Waals surface area contributed by atoms with E-state index >= 15 is 0 Å². The fourth-order valence-corrected chi connectivity index (χ4v) is 5.20. The van der Waals surface area contributed by atoms with E-state index in [2.05, 4.69) is 24.4 Å². The summed E-state index contributed by atoms with van der Waals surface area (Å²) in [6.07, 6.45) is -0.134. The smallest absolute Gasteiger partial charge is 0.243 e. The molecule has 0 unspecified atom stereocenters. The monoisotopic (exact) mass is 489 g/mol. The molecule has 2 aromatic rings. The van der Waals surface area contributed by atoms with Gasteiger partial charge in [-0.15, -0.1) is 0 Å². The Kier molecular flexibility index (Phi) is 9.07. The highest BCUT2D eigenvalue weighted by Gasteiger charge is 2.27. The quantitative estimate of drug-likeness (QED) is 0.551. The van der Waals surface area contributed by atoms with Crippen LogP contribution >= 0.6 is 0 Å². The second-order valence-electron chi connectivity index (χ2n) is 8.62. The van der Waals surface area contributed by atoms with Gasteiger partial charge in [0.05, 0.1) is 36.4 Å². The van der Waals surface area contributed by atoms with Gasteiger partial charge < -0.3 is 14.8 Å². The van der Waals surface area contributed by atoms with Gasteiger partial charge in [-0.1, -0.05) is 31.2 Å². The molecule has 9 heteroatoms. The highest BCUT2D eigenvalue weighted by molar-refractivity contribution is 7.89. The number of rotatable bonds is 10. The third-order valence-corrected chi connectivity index (χ3v) is 7.56. The zero-order chi connectivity index (χ0) is 24.7. The summed E-state index contributed by atoms with van der Waals surface area (Å²) in [6, 6.07) is 12.7. The third-order valence-electron chi connectivity index (χ3n) is 5.67. The number of carbonyl (C=O) groups is 1. The number of amides is 1. The standard InChI is InChI=1S/C25H35N3O5S/c1-5-27(17-21-9-7-6-8-20(21)4)18-25(29)26-23-16-22(10-11-24(23)33-19(2)3)34(30,31)28-12-14-32-15-13-28/h6-11,16,19H,5,12-15,17-18H2,1-4H3,(H,26,29). The molecule has 3 rings (SSSR count). The molecule has 1 N–H and O–H groups in total. The van der Waals surface area contributed by atoms with E-state index < -0.39 is 10.0 Å². The van der Waals surface area contributed by atoms with Gasteiger partial charge in [-0.2, -0.15) is 4.31 Å². The van der Waals surface area contributed by atoms with E-state index in [1.807, 2.05) is 37.8 Å². The molecule has 0 spiro atoms. The van der Waals surface area contributed by atoms with Gasteiger partial charge in [0.25, 0.3) is 0 Å². The van der Waals surface area contributed by atoms with E-state index in [9.17, 15) is 13.2 Å². The Balaban J connectivity index is 1.79. The van der Waals surface area contributed by atoms with Crippen LogP contribution in [-0.2, 0) is 26.1 Å². The van der Waals surface area contributed by atoms with Crippen molar-refractivity contribution in [2.75, 3.05) is 44.7 Å². The minimum absolute atomic E-state index is 0.119. The Morgan fingerprint density at radius 2 is 1.88 bits per heavy atom. The summed E-state index contributed by atoms with van der Waals surface area (Å²) in [5, 5.41) is 2.88. The van der Waals surface area contributed by atoms with Gasteiger partial charge in [0, 0.05) is 19.6 Å². The van der Waals surface area contributed by atoms with Crippen molar-refractivity contribution in [3.63, 3.8) is 0 Å². The summed E-state index contributed by atoms with van der Waals surface area (Å²) < 4.78 is 38.8. The molecule has 8 nitrogen and oxygen atoms in total. The second-order valence-corrected chi connectivity index (χ2v) is 10.6. The minimum Gasteiger partial charge on any atom is -0.489 e. The van der Waals surface area contributed by atoms with E-state index in [1.54, 1.807) is 6.07 Å². The van der Waals surface area contributed by atoms with E-state index in [4.69, 9.17) is 9.47 Å². The molecule has 0 aromatic heterocycles. The lowest BCUT2D eigenvalue weighted by Gasteiger charge is -2.26. The van der Waals surface area contributed by atoms with Gasteiger partial charge in [-0.25, -0.2) is 8.42 Å². The van der Waals surface area contributed by atoms with Gasteiger partial charge in [-0.05, 0) is 56.6 Å². The first-order valence-electron chi connectivity index (χ1n) is 11.7. The van der Waals surface area contributed by atoms with Crippen LogP contribution in [0, 0.1) is 6.92 Å². The molecule has 0 radical (unpaired) electrons. The lowest BCUT2D eigenvalue weighted by atomic mass is 10.1. The Labute approximate surface area is 202 Å². The Hall–Kier alpha value is -2.46. The first kappa shape index (κ1) is 26.2. The number of sulfonamides is 1. The largest absolute Gasteiger partial charge is 0.489 e. The average molecular weight is 490 g/mol. The van der Waals surface area contributed by atoms with Gasteiger partial charge in [0.15, 0.2) is 0 Å². The van der Waals surface area contributed by atoms with Crippen LogP contribution in [0.15, 0.2) is 47.4 Å². The number of anilines is 1. The molecular weight excluding hydrogens is 454 g/mol. The molecule has 0 aliphatic carbocycles. The zero-order valence-electron chi connectivity index (χ0n) is 20.4. The van der Waals surface area contributed by atoms with Crippen LogP contribution in [0.4, 0.5) is 5.69 Å². The van der Waals surface area contributed by atoms with Gasteiger partial charge in [0.2, 0.25) is 15.9 Å². The number of aryl methyl sites for hydroxylation is 1. The van der Waals surface area contributed by atoms with Crippen LogP contribution in [0.1, 0.15) is 31.9 Å². The molecule has 0 atom stereocenters. The Morgan fingerprint density at radius 3 is 2.53 bits per heavy atom. The van der Waals surface area contributed by atoms with Gasteiger partial charge in [-0.3, -0.25) is 9.69 Å². The van der Waals surface area contributed by atoms with Crippen LogP contribution in [0.5, 0.6) is 5.75 Å². The van der Waals surface area contributed by atoms with Crippen molar-refractivity contribution in [3.05, 3.63) is 53.6 Å². The molecule has 34 heavy (non-hydrogen) atoms. The maximum absolute atomic E-state index is 13.1. The lowest BCUT2D eigenvalue weighted by molar-refractivity contribution is -0.117. The molecule has 186 valence electrons. The SMILES string of the molecule is CCN(CC(=O)Nc1cc(S(=O)(=O)N2CCOCC2)ccc1OC(C)C)Cc1ccccc1C. The van der Waals surface area contributed by atoms with Crippen molar-refractivity contribution in [1.82, 2.24) is 9.21 Å². The molecule has 1 saturated heterocycles. The first-order valence-corrected chi connectivity index (χ1v) is 13.1. The highest BCUT2D eigenvalue weighted by Crippen LogP contribution is 2.30. The molecule has 1 heterocycles. The van der Waals surface area contributed by atoms with Crippen molar-refractivity contribution in [1.29, 1.82) is 0 Å². The van der Waals surface area contributed by atoms with E-state index in [0.717, 1.165) is 0 Å². The number of hydrogen-bond acceptors (Lipinski definition) is 6. The van der Waals surface area contributed by atoms with Crippen molar-refractivity contribution in [2.24, 2.45) is 0 Å². The number of morpholine rings is 1. The summed E-state index contributed by atoms with van der Waals surface area (Å²) >= 11 is 0. The van der Waals surface area contributed by atoms with E-state index in [0.29, 0.717) is 50.8 Å². The zero-order valence-corrected chi connectivity index (χ0v) is 21.2. The van der Waals surface area contributed by atoms with Crippen LogP contribution in [0.2, 0.25) is 0 Å². The summed E-state index contributed by atoms with van der Waals surface area (Å²) in [5.74, 6) is 0.205. The molecule has 1 amide bonds. The van der Waals surface area contributed by atoms with Gasteiger partial charge >= 0.3 is 0 Å². The third kappa shape index (κ3) is 6.79. The number of carbonyl (C=O) groups excluding carboxylic acids is 1. The number of nitrogens with one attached hydrogen (secondary N) is 1. The fourth-order valence-electron chi connectivity index (χ4n) is 3.76. The van der Waals surface area contributed by atoms with Crippen LogP contribution < -0.4 is 10.1 Å². The molecule has 1 aliphatic heterocycles. The Bertz CT molecular complexity index is 1080. The summed E-state index contributed by atoms with van der Waals surface area (Å²) in [6.45, 7) is 10.7. The predicted octanol–water partition coefficient (Wildman–Crippen LogP) is 3.26. The van der Waals surface area contributed by atoms with Gasteiger partial charge in [0.1, 0.15) is 5.75 Å². The summed E-state index contributed by atoms with van der Waals surface area (Å²) in [5.41, 5.74) is 2.69. The number of nitrogens with zero attached hydrogens (tertiary/aromatic N) is 2. The summed E-state index contributed by atoms with van der Waals surface area (Å²) in [7, 11) is -3.70. The molecule has 2 aromatic carbocycles. The van der Waals surface area contributed by atoms with Crippen LogP contribution in [0.25, 0.3) is 0 Å². The van der Waals surface area contributed by atoms with Crippen molar-refractivity contribution < 1.29 is 22.7 Å². The minimum atomic E-state index is -3.70. The second kappa shape index (κ2) is 11.8. The first-order chi connectivity index (χ1) is 16.2. The highest BCUT2D eigenvalue weighted by atomic mass is 32.2. The number of likely N-dealkylation sites (N-methyl/N-ethyl adjacent to an activating group) is 1.